The molecule has 0 saturated carbocycles. The SMILES string of the molecule is CCCCC(CC)CN1C(=O)N(Cc2ccccc2)C(=O)C1CCc1ccccc1. The molecule has 30 heavy (non-hydrogen) atoms. The Hall–Kier alpha value is -2.62. The number of urea groups is 1. The highest BCUT2D eigenvalue weighted by Gasteiger charge is 2.44. The number of unbranched alkanes of at least 4 members (excludes halogenated alkanes) is 1. The van der Waals surface area contributed by atoms with Crippen molar-refractivity contribution in [3.8, 4) is 0 Å². The standard InChI is InChI=1S/C26H34N2O2/c1-3-5-12-21(4-2)19-27-24(18-17-22-13-8-6-9-14-22)25(29)28(26(27)30)20-23-15-10-7-11-16-23/h6-11,13-16,21,24H,3-5,12,17-20H2,1-2H3. The summed E-state index contributed by atoms with van der Waals surface area (Å²) in [5.41, 5.74) is 2.19. The quantitative estimate of drug-likeness (QED) is 0.451. The van der Waals surface area contributed by atoms with Gasteiger partial charge in [0.25, 0.3) is 5.91 Å². The van der Waals surface area contributed by atoms with Gasteiger partial charge in [-0.2, -0.15) is 0 Å². The van der Waals surface area contributed by atoms with E-state index >= 15 is 0 Å². The van der Waals surface area contributed by atoms with E-state index in [-0.39, 0.29) is 18.0 Å². The van der Waals surface area contributed by atoms with Crippen molar-refractivity contribution in [1.29, 1.82) is 0 Å². The number of benzene rings is 2. The Morgan fingerprint density at radius 3 is 2.13 bits per heavy atom. The normalized spacial score (nSPS) is 17.6. The first-order valence-electron chi connectivity index (χ1n) is 11.3. The van der Waals surface area contributed by atoms with Gasteiger partial charge in [0, 0.05) is 6.54 Å². The molecular formula is C26H34N2O2. The molecule has 2 unspecified atom stereocenters. The van der Waals surface area contributed by atoms with Crippen LogP contribution in [0.25, 0.3) is 0 Å². The Kier molecular flexibility index (Phi) is 8.06. The average molecular weight is 407 g/mol. The highest BCUT2D eigenvalue weighted by atomic mass is 16.2. The van der Waals surface area contributed by atoms with E-state index in [9.17, 15) is 9.59 Å². The number of imide groups is 1. The second-order valence-electron chi connectivity index (χ2n) is 8.30. The monoisotopic (exact) mass is 406 g/mol. The fourth-order valence-electron chi connectivity index (χ4n) is 4.24. The first-order chi connectivity index (χ1) is 14.6. The summed E-state index contributed by atoms with van der Waals surface area (Å²) in [6.07, 6.45) is 5.92. The summed E-state index contributed by atoms with van der Waals surface area (Å²) in [6.45, 7) is 5.40. The number of rotatable bonds is 11. The van der Waals surface area contributed by atoms with Gasteiger partial charge in [-0.1, -0.05) is 93.8 Å². The van der Waals surface area contributed by atoms with Gasteiger partial charge in [0.1, 0.15) is 6.04 Å². The molecule has 0 N–H and O–H groups in total. The van der Waals surface area contributed by atoms with Crippen LogP contribution >= 0.6 is 0 Å². The second kappa shape index (κ2) is 11.0. The van der Waals surface area contributed by atoms with Gasteiger partial charge in [-0.25, -0.2) is 4.79 Å². The van der Waals surface area contributed by atoms with Crippen molar-refractivity contribution in [2.24, 2.45) is 5.92 Å². The van der Waals surface area contributed by atoms with Crippen LogP contribution in [0.1, 0.15) is 57.1 Å². The zero-order chi connectivity index (χ0) is 21.3. The molecule has 0 radical (unpaired) electrons. The number of amides is 3. The molecule has 2 aromatic carbocycles. The molecule has 1 heterocycles. The lowest BCUT2D eigenvalue weighted by Gasteiger charge is -2.26. The molecule has 0 aromatic heterocycles. The highest BCUT2D eigenvalue weighted by Crippen LogP contribution is 2.27. The average Bonchev–Trinajstić information content (AvgIpc) is 3.00. The summed E-state index contributed by atoms with van der Waals surface area (Å²) in [6, 6.07) is 19.5. The first-order valence-corrected chi connectivity index (χ1v) is 11.3. The molecular weight excluding hydrogens is 372 g/mol. The number of carbonyl (C=O) groups is 2. The van der Waals surface area contributed by atoms with Crippen LogP contribution < -0.4 is 0 Å². The van der Waals surface area contributed by atoms with Crippen LogP contribution in [-0.4, -0.2) is 34.3 Å². The van der Waals surface area contributed by atoms with E-state index in [1.54, 1.807) is 0 Å². The molecule has 1 fully saturated rings. The molecule has 0 spiro atoms. The molecule has 1 aliphatic heterocycles. The Morgan fingerprint density at radius 2 is 1.53 bits per heavy atom. The van der Waals surface area contributed by atoms with E-state index in [0.29, 0.717) is 25.4 Å². The van der Waals surface area contributed by atoms with Crippen LogP contribution in [0.15, 0.2) is 60.7 Å². The van der Waals surface area contributed by atoms with Crippen molar-refractivity contribution in [2.45, 2.75) is 65.0 Å². The molecule has 3 rings (SSSR count). The minimum Gasteiger partial charge on any atom is -0.312 e. The van der Waals surface area contributed by atoms with Crippen molar-refractivity contribution < 1.29 is 9.59 Å². The Morgan fingerprint density at radius 1 is 0.900 bits per heavy atom. The Labute approximate surface area is 180 Å². The molecule has 4 heteroatoms. The largest absolute Gasteiger partial charge is 0.327 e. The van der Waals surface area contributed by atoms with Crippen LogP contribution in [0, 0.1) is 5.92 Å². The Bertz CT molecular complexity index is 806. The number of carbonyl (C=O) groups excluding carboxylic acids is 2. The number of aryl methyl sites for hydroxylation is 1. The topological polar surface area (TPSA) is 40.6 Å². The molecule has 2 aromatic rings. The summed E-state index contributed by atoms with van der Waals surface area (Å²) in [5, 5.41) is 0. The predicted octanol–water partition coefficient (Wildman–Crippen LogP) is 5.67. The fourth-order valence-corrected chi connectivity index (χ4v) is 4.24. The van der Waals surface area contributed by atoms with Gasteiger partial charge in [0.05, 0.1) is 6.54 Å². The Balaban J connectivity index is 1.77. The third-order valence-corrected chi connectivity index (χ3v) is 6.13. The van der Waals surface area contributed by atoms with E-state index in [1.807, 2.05) is 53.4 Å². The highest BCUT2D eigenvalue weighted by molar-refractivity contribution is 6.04. The van der Waals surface area contributed by atoms with E-state index in [1.165, 1.54) is 10.5 Å². The number of nitrogens with zero attached hydrogens (tertiary/aromatic N) is 2. The molecule has 1 saturated heterocycles. The summed E-state index contributed by atoms with van der Waals surface area (Å²) < 4.78 is 0. The van der Waals surface area contributed by atoms with E-state index < -0.39 is 0 Å². The third kappa shape index (κ3) is 5.50. The lowest BCUT2D eigenvalue weighted by molar-refractivity contribution is -0.128. The molecule has 160 valence electrons. The lowest BCUT2D eigenvalue weighted by Crippen LogP contribution is -2.39. The predicted molar refractivity (Wildman–Crippen MR) is 121 cm³/mol. The smallest absolute Gasteiger partial charge is 0.312 e. The maximum absolute atomic E-state index is 13.3. The fraction of sp³-hybridized carbons (Fsp3) is 0.462. The minimum absolute atomic E-state index is 0.0508. The van der Waals surface area contributed by atoms with Crippen molar-refractivity contribution in [3.63, 3.8) is 0 Å². The molecule has 0 bridgehead atoms. The second-order valence-corrected chi connectivity index (χ2v) is 8.30. The summed E-state index contributed by atoms with van der Waals surface area (Å²) in [4.78, 5) is 29.9. The minimum atomic E-state index is -0.364. The van der Waals surface area contributed by atoms with Crippen molar-refractivity contribution in [3.05, 3.63) is 71.8 Å². The maximum atomic E-state index is 13.3. The van der Waals surface area contributed by atoms with Crippen LogP contribution in [0.4, 0.5) is 4.79 Å². The van der Waals surface area contributed by atoms with Gasteiger partial charge in [-0.15, -0.1) is 0 Å². The van der Waals surface area contributed by atoms with Crippen molar-refractivity contribution in [2.75, 3.05) is 6.54 Å². The van der Waals surface area contributed by atoms with Gasteiger partial charge in [0.2, 0.25) is 0 Å². The van der Waals surface area contributed by atoms with Gasteiger partial charge >= 0.3 is 6.03 Å². The van der Waals surface area contributed by atoms with E-state index in [0.717, 1.165) is 37.7 Å². The van der Waals surface area contributed by atoms with E-state index in [4.69, 9.17) is 0 Å². The van der Waals surface area contributed by atoms with Gasteiger partial charge in [-0.05, 0) is 36.3 Å². The van der Waals surface area contributed by atoms with Crippen LogP contribution in [0.2, 0.25) is 0 Å². The maximum Gasteiger partial charge on any atom is 0.327 e. The molecule has 1 aliphatic rings. The van der Waals surface area contributed by atoms with Crippen LogP contribution in [-0.2, 0) is 17.8 Å². The molecule has 3 amide bonds. The molecule has 2 atom stereocenters. The van der Waals surface area contributed by atoms with E-state index in [2.05, 4.69) is 26.0 Å². The zero-order valence-corrected chi connectivity index (χ0v) is 18.3. The van der Waals surface area contributed by atoms with Gasteiger partial charge < -0.3 is 4.90 Å². The summed E-state index contributed by atoms with van der Waals surface area (Å²) in [5.74, 6) is 0.391. The first kappa shape index (κ1) is 22.1. The van der Waals surface area contributed by atoms with Crippen LogP contribution in [0.5, 0.6) is 0 Å². The molecule has 0 aliphatic carbocycles. The van der Waals surface area contributed by atoms with Gasteiger partial charge in [-0.3, -0.25) is 9.69 Å². The molecule has 4 nitrogen and oxygen atoms in total. The third-order valence-electron chi connectivity index (χ3n) is 6.13. The van der Waals surface area contributed by atoms with Crippen LogP contribution in [0.3, 0.4) is 0 Å². The van der Waals surface area contributed by atoms with Gasteiger partial charge in [0.15, 0.2) is 0 Å². The van der Waals surface area contributed by atoms with Crippen molar-refractivity contribution >= 4 is 11.9 Å². The zero-order valence-electron chi connectivity index (χ0n) is 18.3. The summed E-state index contributed by atoms with van der Waals surface area (Å²) >= 11 is 0. The number of hydrogen-bond acceptors (Lipinski definition) is 2. The van der Waals surface area contributed by atoms with Crippen molar-refractivity contribution in [1.82, 2.24) is 9.80 Å². The lowest BCUT2D eigenvalue weighted by atomic mass is 9.97. The summed E-state index contributed by atoms with van der Waals surface area (Å²) in [7, 11) is 0. The number of hydrogen-bond donors (Lipinski definition) is 0.